The van der Waals surface area contributed by atoms with Gasteiger partial charge >= 0.3 is 0 Å². The minimum absolute atomic E-state index is 0.0775. The van der Waals surface area contributed by atoms with Crippen LogP contribution in [0.4, 0.5) is 11.4 Å². The molecule has 29 heavy (non-hydrogen) atoms. The standard InChI is InChI=1S/C22H30N4O3/c27-22(25-7-1-2-8-25)19-15-18(5-6-20(19)26(28)29)23-9-11-24(12-10-23)21-14-16-3-4-17(21)13-16/h5-6,15-17,21H,1-4,7-14H2. The highest BCUT2D eigenvalue weighted by Gasteiger charge is 2.42. The van der Waals surface area contributed by atoms with Crippen LogP contribution in [-0.4, -0.2) is 65.9 Å². The number of piperazine rings is 1. The number of amides is 1. The summed E-state index contributed by atoms with van der Waals surface area (Å²) >= 11 is 0. The van der Waals surface area contributed by atoms with E-state index in [0.717, 1.165) is 62.6 Å². The van der Waals surface area contributed by atoms with Gasteiger partial charge in [0.25, 0.3) is 11.6 Å². The third-order valence-electron chi connectivity index (χ3n) is 7.65. The van der Waals surface area contributed by atoms with Crippen molar-refractivity contribution in [2.24, 2.45) is 11.8 Å². The molecule has 3 unspecified atom stereocenters. The van der Waals surface area contributed by atoms with E-state index in [1.165, 1.54) is 31.7 Å². The number of likely N-dealkylation sites (tertiary alicyclic amines) is 1. The Morgan fingerprint density at radius 2 is 1.76 bits per heavy atom. The van der Waals surface area contributed by atoms with Gasteiger partial charge in [0, 0.05) is 57.1 Å². The first-order chi connectivity index (χ1) is 14.1. The number of hydrogen-bond acceptors (Lipinski definition) is 5. The molecule has 2 aliphatic carbocycles. The Labute approximate surface area is 171 Å². The van der Waals surface area contributed by atoms with Crippen molar-refractivity contribution >= 4 is 17.3 Å². The molecule has 7 nitrogen and oxygen atoms in total. The molecular weight excluding hydrogens is 368 g/mol. The summed E-state index contributed by atoms with van der Waals surface area (Å²) in [4.78, 5) is 30.7. The predicted octanol–water partition coefficient (Wildman–Crippen LogP) is 3.14. The number of fused-ring (bicyclic) bond motifs is 2. The van der Waals surface area contributed by atoms with E-state index in [2.05, 4.69) is 9.80 Å². The van der Waals surface area contributed by atoms with Gasteiger partial charge in [-0.25, -0.2) is 0 Å². The number of nitro groups is 1. The van der Waals surface area contributed by atoms with Gasteiger partial charge in [-0.1, -0.05) is 6.42 Å². The molecule has 2 saturated heterocycles. The van der Waals surface area contributed by atoms with Crippen LogP contribution < -0.4 is 4.90 Å². The third kappa shape index (κ3) is 3.50. The lowest BCUT2D eigenvalue weighted by Gasteiger charge is -2.41. The van der Waals surface area contributed by atoms with Crippen molar-refractivity contribution in [3.8, 4) is 0 Å². The summed E-state index contributed by atoms with van der Waals surface area (Å²) in [5.74, 6) is 1.66. The van der Waals surface area contributed by atoms with Gasteiger partial charge in [-0.15, -0.1) is 0 Å². The predicted molar refractivity (Wildman–Crippen MR) is 111 cm³/mol. The van der Waals surface area contributed by atoms with Crippen LogP contribution in [0.2, 0.25) is 0 Å². The topological polar surface area (TPSA) is 69.9 Å². The van der Waals surface area contributed by atoms with Crippen molar-refractivity contribution in [3.05, 3.63) is 33.9 Å². The molecule has 156 valence electrons. The van der Waals surface area contributed by atoms with E-state index in [-0.39, 0.29) is 17.2 Å². The van der Waals surface area contributed by atoms with Crippen molar-refractivity contribution in [3.63, 3.8) is 0 Å². The molecule has 2 heterocycles. The average molecular weight is 399 g/mol. The molecule has 5 rings (SSSR count). The maximum absolute atomic E-state index is 12.9. The molecule has 2 aliphatic heterocycles. The molecule has 0 aromatic heterocycles. The molecule has 0 N–H and O–H groups in total. The minimum atomic E-state index is -0.430. The molecule has 1 amide bonds. The summed E-state index contributed by atoms with van der Waals surface area (Å²) in [6, 6.07) is 5.85. The van der Waals surface area contributed by atoms with E-state index in [1.807, 2.05) is 6.07 Å². The quantitative estimate of drug-likeness (QED) is 0.576. The summed E-state index contributed by atoms with van der Waals surface area (Å²) < 4.78 is 0. The Bertz CT molecular complexity index is 799. The first-order valence-electron chi connectivity index (χ1n) is 11.2. The molecule has 1 aromatic rings. The van der Waals surface area contributed by atoms with Gasteiger partial charge in [0.15, 0.2) is 0 Å². The zero-order valence-electron chi connectivity index (χ0n) is 17.0. The summed E-state index contributed by atoms with van der Waals surface area (Å²) in [5.41, 5.74) is 1.10. The number of rotatable bonds is 4. The Hall–Kier alpha value is -2.15. The molecule has 2 bridgehead atoms. The van der Waals surface area contributed by atoms with Crippen LogP contribution in [0.15, 0.2) is 18.2 Å². The number of benzene rings is 1. The van der Waals surface area contributed by atoms with Gasteiger partial charge in [-0.3, -0.25) is 19.8 Å². The van der Waals surface area contributed by atoms with Crippen molar-refractivity contribution < 1.29 is 9.72 Å². The summed E-state index contributed by atoms with van der Waals surface area (Å²) in [6.07, 6.45) is 7.58. The first kappa shape index (κ1) is 18.9. The van der Waals surface area contributed by atoms with Gasteiger partial charge in [0.1, 0.15) is 5.56 Å². The number of hydrogen-bond donors (Lipinski definition) is 0. The zero-order valence-corrected chi connectivity index (χ0v) is 17.0. The molecule has 3 atom stereocenters. The SMILES string of the molecule is O=C(c1cc(N2CCN(C3CC4CCC3C4)CC2)ccc1[N+](=O)[O-])N1CCCC1. The van der Waals surface area contributed by atoms with Crippen molar-refractivity contribution in [1.82, 2.24) is 9.80 Å². The monoisotopic (exact) mass is 398 g/mol. The second kappa shape index (κ2) is 7.59. The van der Waals surface area contributed by atoms with Crippen LogP contribution in [0.25, 0.3) is 0 Å². The highest BCUT2D eigenvalue weighted by atomic mass is 16.6. The smallest absolute Gasteiger partial charge is 0.282 e. The third-order valence-corrected chi connectivity index (χ3v) is 7.65. The van der Waals surface area contributed by atoms with E-state index in [0.29, 0.717) is 13.1 Å². The van der Waals surface area contributed by atoms with Gasteiger partial charge in [0.05, 0.1) is 4.92 Å². The largest absolute Gasteiger partial charge is 0.369 e. The van der Waals surface area contributed by atoms with Crippen LogP contribution >= 0.6 is 0 Å². The lowest BCUT2D eigenvalue weighted by Crippen LogP contribution is -2.51. The van der Waals surface area contributed by atoms with E-state index in [4.69, 9.17) is 0 Å². The van der Waals surface area contributed by atoms with Crippen LogP contribution in [-0.2, 0) is 0 Å². The fraction of sp³-hybridized carbons (Fsp3) is 0.682. The van der Waals surface area contributed by atoms with E-state index >= 15 is 0 Å². The molecule has 0 spiro atoms. The van der Waals surface area contributed by atoms with Crippen LogP contribution in [0.3, 0.4) is 0 Å². The van der Waals surface area contributed by atoms with Crippen molar-refractivity contribution in [2.45, 2.75) is 44.6 Å². The molecule has 2 saturated carbocycles. The highest BCUT2D eigenvalue weighted by Crippen LogP contribution is 2.46. The van der Waals surface area contributed by atoms with E-state index in [9.17, 15) is 14.9 Å². The first-order valence-corrected chi connectivity index (χ1v) is 11.2. The Kier molecular flexibility index (Phi) is 4.94. The summed E-state index contributed by atoms with van der Waals surface area (Å²) in [5, 5.41) is 11.5. The van der Waals surface area contributed by atoms with Crippen molar-refractivity contribution in [1.29, 1.82) is 0 Å². The summed E-state index contributed by atoms with van der Waals surface area (Å²) in [6.45, 7) is 5.32. The fourth-order valence-corrected chi connectivity index (χ4v) is 6.11. The average Bonchev–Trinajstić information content (AvgIpc) is 3.51. The lowest BCUT2D eigenvalue weighted by atomic mass is 9.93. The maximum Gasteiger partial charge on any atom is 0.282 e. The normalized spacial score (nSPS) is 29.6. The van der Waals surface area contributed by atoms with Crippen LogP contribution in [0, 0.1) is 22.0 Å². The second-order valence-electron chi connectivity index (χ2n) is 9.22. The Morgan fingerprint density at radius 1 is 1.00 bits per heavy atom. The zero-order chi connectivity index (χ0) is 20.0. The Morgan fingerprint density at radius 3 is 2.38 bits per heavy atom. The molecule has 1 aromatic carbocycles. The highest BCUT2D eigenvalue weighted by molar-refractivity contribution is 5.99. The number of carbonyl (C=O) groups excluding carboxylic acids is 1. The fourth-order valence-electron chi connectivity index (χ4n) is 6.11. The van der Waals surface area contributed by atoms with Gasteiger partial charge < -0.3 is 9.80 Å². The molecular formula is C22H30N4O3. The number of nitrogens with zero attached hydrogens (tertiary/aromatic N) is 4. The van der Waals surface area contributed by atoms with Gasteiger partial charge in [0.2, 0.25) is 0 Å². The Balaban J connectivity index is 1.30. The van der Waals surface area contributed by atoms with E-state index < -0.39 is 4.92 Å². The minimum Gasteiger partial charge on any atom is -0.369 e. The van der Waals surface area contributed by atoms with Gasteiger partial charge in [-0.05, 0) is 56.1 Å². The molecule has 0 radical (unpaired) electrons. The van der Waals surface area contributed by atoms with Crippen LogP contribution in [0.1, 0.15) is 48.9 Å². The van der Waals surface area contributed by atoms with Gasteiger partial charge in [-0.2, -0.15) is 0 Å². The van der Waals surface area contributed by atoms with E-state index in [1.54, 1.807) is 11.0 Å². The summed E-state index contributed by atoms with van der Waals surface area (Å²) in [7, 11) is 0. The molecule has 4 fully saturated rings. The maximum atomic E-state index is 12.9. The number of anilines is 1. The van der Waals surface area contributed by atoms with Crippen LogP contribution in [0.5, 0.6) is 0 Å². The molecule has 4 aliphatic rings. The molecule has 7 heteroatoms. The second-order valence-corrected chi connectivity index (χ2v) is 9.22. The number of nitro benzene ring substituents is 1. The number of carbonyl (C=O) groups is 1. The lowest BCUT2D eigenvalue weighted by molar-refractivity contribution is -0.385. The van der Waals surface area contributed by atoms with Crippen molar-refractivity contribution in [2.75, 3.05) is 44.2 Å².